The second-order valence-corrected chi connectivity index (χ2v) is 11.3. The third kappa shape index (κ3) is 6.51. The van der Waals surface area contributed by atoms with E-state index in [9.17, 15) is 9.59 Å². The van der Waals surface area contributed by atoms with Crippen LogP contribution in [0.4, 0.5) is 0 Å². The lowest BCUT2D eigenvalue weighted by atomic mass is 9.95. The minimum atomic E-state index is -1.58. The molecule has 1 fully saturated rings. The van der Waals surface area contributed by atoms with Crippen LogP contribution >= 0.6 is 69.6 Å². The van der Waals surface area contributed by atoms with Crippen molar-refractivity contribution in [2.45, 2.75) is 40.3 Å². The minimum Gasteiger partial charge on any atom is -0.328 e. The maximum absolute atomic E-state index is 12.7. The zero-order valence-electron chi connectivity index (χ0n) is 14.2. The van der Waals surface area contributed by atoms with Crippen LogP contribution in [0.3, 0.4) is 0 Å². The summed E-state index contributed by atoms with van der Waals surface area (Å²) in [7, 11) is 3.09. The van der Waals surface area contributed by atoms with Crippen molar-refractivity contribution in [3.63, 3.8) is 0 Å². The maximum Gasteiger partial charge on any atom is 0.270 e. The summed E-state index contributed by atoms with van der Waals surface area (Å²) in [5, 5.41) is 0. The van der Waals surface area contributed by atoms with Crippen LogP contribution in [-0.4, -0.2) is 49.3 Å². The van der Waals surface area contributed by atoms with Gasteiger partial charge in [0.05, 0.1) is 0 Å². The molecule has 0 aromatic heterocycles. The molecule has 10 heteroatoms. The van der Waals surface area contributed by atoms with E-state index >= 15 is 0 Å². The van der Waals surface area contributed by atoms with Crippen LogP contribution in [0.1, 0.15) is 26.7 Å². The van der Waals surface area contributed by atoms with Crippen molar-refractivity contribution in [3.8, 4) is 0 Å². The minimum absolute atomic E-state index is 0.0734. The van der Waals surface area contributed by atoms with Gasteiger partial charge in [-0.2, -0.15) is 0 Å². The fourth-order valence-corrected chi connectivity index (χ4v) is 3.59. The molecule has 0 aromatic rings. The van der Waals surface area contributed by atoms with Crippen molar-refractivity contribution in [1.29, 1.82) is 0 Å². The first-order valence-electron chi connectivity index (χ1n) is 7.55. The summed E-state index contributed by atoms with van der Waals surface area (Å²) in [6.07, 6.45) is 2.15. The van der Waals surface area contributed by atoms with Gasteiger partial charge in [-0.15, -0.1) is 0 Å². The number of rotatable bonds is 4. The van der Waals surface area contributed by atoms with Gasteiger partial charge in [0.1, 0.15) is 11.7 Å². The molecular weight excluding hydrogens is 453 g/mol. The molecule has 1 aliphatic heterocycles. The topological polar surface area (TPSA) is 40.6 Å². The molecule has 4 nitrogen and oxygen atoms in total. The number of likely N-dealkylation sites (N-methyl/N-ethyl adjacent to an activating group) is 2. The van der Waals surface area contributed by atoms with E-state index in [0.717, 1.165) is 0 Å². The van der Waals surface area contributed by atoms with Crippen LogP contribution in [0, 0.1) is 11.8 Å². The molecule has 0 spiro atoms. The van der Waals surface area contributed by atoms with Crippen molar-refractivity contribution >= 4 is 81.4 Å². The Labute approximate surface area is 178 Å². The first-order chi connectivity index (χ1) is 11.1. The number of nitrogens with zero attached hydrogens (tertiary/aromatic N) is 2. The molecule has 1 aliphatic rings. The van der Waals surface area contributed by atoms with Crippen molar-refractivity contribution in [3.05, 3.63) is 11.8 Å². The summed E-state index contributed by atoms with van der Waals surface area (Å²) in [5.41, 5.74) is 0.177. The zero-order valence-corrected chi connectivity index (χ0v) is 18.7. The number of carbonyl (C=O) groups is 2. The van der Waals surface area contributed by atoms with Crippen LogP contribution in [0.25, 0.3) is 0 Å². The Morgan fingerprint density at radius 3 is 2.04 bits per heavy atom. The van der Waals surface area contributed by atoms with E-state index < -0.39 is 19.5 Å². The molecule has 3 atom stereocenters. The normalized spacial score (nSPS) is 24.1. The van der Waals surface area contributed by atoms with Crippen molar-refractivity contribution in [1.82, 2.24) is 9.80 Å². The molecule has 1 rings (SSSR count). The Balaban J connectivity index is 3.00. The lowest BCUT2D eigenvalue weighted by Crippen LogP contribution is -2.56. The molecule has 0 aliphatic carbocycles. The van der Waals surface area contributed by atoms with Crippen LogP contribution < -0.4 is 0 Å². The average molecular weight is 473 g/mol. The monoisotopic (exact) mass is 470 g/mol. The van der Waals surface area contributed by atoms with Gasteiger partial charge in [0.15, 0.2) is 7.59 Å². The quantitative estimate of drug-likeness (QED) is 0.428. The molecule has 0 aromatic carbocycles. The fourth-order valence-electron chi connectivity index (χ4n) is 2.61. The van der Waals surface area contributed by atoms with Crippen molar-refractivity contribution in [2.24, 2.45) is 11.8 Å². The number of piperazine rings is 1. The van der Waals surface area contributed by atoms with Gasteiger partial charge < -0.3 is 9.80 Å². The van der Waals surface area contributed by atoms with Gasteiger partial charge in [0.2, 0.25) is 5.91 Å². The van der Waals surface area contributed by atoms with E-state index in [1.54, 1.807) is 14.0 Å². The number of hydrogen-bond donors (Lipinski definition) is 0. The summed E-state index contributed by atoms with van der Waals surface area (Å²) >= 11 is 35.0. The lowest BCUT2D eigenvalue weighted by Gasteiger charge is -2.39. The van der Waals surface area contributed by atoms with E-state index in [2.05, 4.69) is 0 Å². The van der Waals surface area contributed by atoms with Crippen molar-refractivity contribution in [2.75, 3.05) is 14.1 Å². The standard InChI is InChI=1S/C15H20Cl6N2O2/c1-8(7-14(16,17)18)5-10-12(24)23(4)11(13(25)22(10)3)6-9(2)15(19,20)21/h6,8-10H,5,7H2,1-4H3/b11-6+/t8-,9-,10-/m0/s1. The highest BCUT2D eigenvalue weighted by molar-refractivity contribution is 6.68. The first kappa shape index (κ1) is 23.5. The molecule has 0 saturated carbocycles. The van der Waals surface area contributed by atoms with Gasteiger partial charge in [-0.25, -0.2) is 0 Å². The fraction of sp³-hybridized carbons (Fsp3) is 0.733. The Bertz CT molecular complexity index is 555. The summed E-state index contributed by atoms with van der Waals surface area (Å²) in [5.74, 6) is -1.19. The molecule has 0 radical (unpaired) electrons. The highest BCUT2D eigenvalue weighted by Gasteiger charge is 2.41. The molecule has 1 saturated heterocycles. The lowest BCUT2D eigenvalue weighted by molar-refractivity contribution is -0.149. The molecule has 1 heterocycles. The van der Waals surface area contributed by atoms with E-state index in [1.807, 2.05) is 6.92 Å². The van der Waals surface area contributed by atoms with E-state index in [4.69, 9.17) is 69.6 Å². The van der Waals surface area contributed by atoms with Crippen LogP contribution in [0.2, 0.25) is 0 Å². The second kappa shape index (κ2) is 8.62. The largest absolute Gasteiger partial charge is 0.328 e. The van der Waals surface area contributed by atoms with Crippen LogP contribution in [0.5, 0.6) is 0 Å². The molecule has 0 unspecified atom stereocenters. The average Bonchev–Trinajstić information content (AvgIpc) is 2.43. The zero-order chi connectivity index (χ0) is 19.7. The smallest absolute Gasteiger partial charge is 0.270 e. The predicted octanol–water partition coefficient (Wildman–Crippen LogP) is 4.96. The Morgan fingerprint density at radius 2 is 1.60 bits per heavy atom. The predicted molar refractivity (Wildman–Crippen MR) is 106 cm³/mol. The summed E-state index contributed by atoms with van der Waals surface area (Å²) in [6.45, 7) is 3.52. The Hall–Kier alpha value is 0.420. The number of carbonyl (C=O) groups excluding carboxylic acids is 2. The van der Waals surface area contributed by atoms with Gasteiger partial charge in [-0.05, 0) is 24.8 Å². The van der Waals surface area contributed by atoms with Gasteiger partial charge >= 0.3 is 0 Å². The van der Waals surface area contributed by atoms with E-state index in [0.29, 0.717) is 6.42 Å². The van der Waals surface area contributed by atoms with Gasteiger partial charge in [-0.1, -0.05) is 83.5 Å². The van der Waals surface area contributed by atoms with Crippen molar-refractivity contribution < 1.29 is 9.59 Å². The number of amides is 2. The Kier molecular flexibility index (Phi) is 8.09. The third-order valence-corrected chi connectivity index (χ3v) is 5.61. The second-order valence-electron chi connectivity index (χ2n) is 6.37. The number of allylic oxidation sites excluding steroid dienone is 1. The molecule has 0 N–H and O–H groups in total. The molecule has 0 bridgehead atoms. The van der Waals surface area contributed by atoms with E-state index in [1.165, 1.54) is 22.9 Å². The van der Waals surface area contributed by atoms with Crippen LogP contribution in [0.15, 0.2) is 11.8 Å². The maximum atomic E-state index is 12.7. The number of alkyl halides is 6. The van der Waals surface area contributed by atoms with E-state index in [-0.39, 0.29) is 29.9 Å². The van der Waals surface area contributed by atoms with Crippen LogP contribution in [-0.2, 0) is 9.59 Å². The van der Waals surface area contributed by atoms with Gasteiger partial charge in [0, 0.05) is 20.0 Å². The SMILES string of the molecule is C[C@@H](C[C@H]1C(=O)N(C)/C(=C/[C@H](C)C(Cl)(Cl)Cl)C(=O)N1C)CC(Cl)(Cl)Cl. The molecule has 2 amide bonds. The summed E-state index contributed by atoms with van der Waals surface area (Å²) in [4.78, 5) is 28.1. The Morgan fingerprint density at radius 1 is 1.08 bits per heavy atom. The summed E-state index contributed by atoms with van der Waals surface area (Å²) in [6, 6.07) is -0.639. The highest BCUT2D eigenvalue weighted by atomic mass is 35.6. The molecular formula is C15H20Cl6N2O2. The molecule has 144 valence electrons. The first-order valence-corrected chi connectivity index (χ1v) is 9.82. The highest BCUT2D eigenvalue weighted by Crippen LogP contribution is 2.38. The number of halogens is 6. The number of hydrogen-bond acceptors (Lipinski definition) is 2. The van der Waals surface area contributed by atoms with Gasteiger partial charge in [-0.3, -0.25) is 9.59 Å². The molecule has 25 heavy (non-hydrogen) atoms. The third-order valence-electron chi connectivity index (χ3n) is 4.11. The van der Waals surface area contributed by atoms with Gasteiger partial charge in [0.25, 0.3) is 5.91 Å². The summed E-state index contributed by atoms with van der Waals surface area (Å²) < 4.78 is -2.98.